The van der Waals surface area contributed by atoms with Gasteiger partial charge in [-0.3, -0.25) is 14.3 Å². The van der Waals surface area contributed by atoms with Crippen molar-refractivity contribution in [2.24, 2.45) is 7.05 Å². The summed E-state index contributed by atoms with van der Waals surface area (Å²) in [6, 6.07) is 6.82. The molecule has 1 unspecified atom stereocenters. The van der Waals surface area contributed by atoms with Crippen LogP contribution in [0.5, 0.6) is 0 Å². The zero-order valence-corrected chi connectivity index (χ0v) is 22.1. The number of nitrogens with zero attached hydrogens (tertiary/aromatic N) is 7. The maximum atomic E-state index is 14.2. The lowest BCUT2D eigenvalue weighted by Crippen LogP contribution is -2.57. The van der Waals surface area contributed by atoms with Gasteiger partial charge in [0, 0.05) is 51.9 Å². The van der Waals surface area contributed by atoms with E-state index in [1.807, 2.05) is 18.4 Å². The smallest absolute Gasteiger partial charge is 0.350 e. The van der Waals surface area contributed by atoms with Crippen LogP contribution in [0.25, 0.3) is 11.2 Å². The average molecular weight is 509 g/mol. The quantitative estimate of drug-likeness (QED) is 0.544. The summed E-state index contributed by atoms with van der Waals surface area (Å²) in [4.78, 5) is 38.6. The summed E-state index contributed by atoms with van der Waals surface area (Å²) in [5.74, 6) is 0.130. The Morgan fingerprint density at radius 1 is 1.27 bits per heavy atom. The number of hydrogen-bond acceptors (Lipinski definition) is 7. The molecule has 196 valence electrons. The second-order valence-electron chi connectivity index (χ2n) is 9.60. The highest BCUT2D eigenvalue weighted by Crippen LogP contribution is 2.32. The van der Waals surface area contributed by atoms with Gasteiger partial charge in [-0.15, -0.1) is 0 Å². The van der Waals surface area contributed by atoms with E-state index in [0.29, 0.717) is 42.4 Å². The van der Waals surface area contributed by atoms with Crippen molar-refractivity contribution in [1.29, 1.82) is 5.26 Å². The molecule has 10 nitrogen and oxygen atoms in total. The van der Waals surface area contributed by atoms with E-state index in [4.69, 9.17) is 4.98 Å². The van der Waals surface area contributed by atoms with Gasteiger partial charge >= 0.3 is 5.69 Å². The molecule has 0 aliphatic carbocycles. The van der Waals surface area contributed by atoms with Gasteiger partial charge in [0.05, 0.1) is 18.1 Å². The van der Waals surface area contributed by atoms with Gasteiger partial charge in [-0.25, -0.2) is 14.2 Å². The number of halogens is 1. The molecule has 1 N–H and O–H groups in total. The van der Waals surface area contributed by atoms with Gasteiger partial charge < -0.3 is 14.8 Å². The molecule has 37 heavy (non-hydrogen) atoms. The summed E-state index contributed by atoms with van der Waals surface area (Å²) in [6.45, 7) is 10.0. The minimum atomic E-state index is -0.551. The Labute approximate surface area is 215 Å². The SMILES string of the molecule is CCn1c(CC#N)nc2c(N3C[C@@H](C)N(C(C)c4ccc(F)c(C(=O)NC)c4)C[C@@H]3C)nc(=O)n(C)c21. The van der Waals surface area contributed by atoms with Crippen LogP contribution in [-0.2, 0) is 20.0 Å². The maximum Gasteiger partial charge on any atom is 0.350 e. The first kappa shape index (κ1) is 26.3. The number of anilines is 1. The van der Waals surface area contributed by atoms with E-state index in [1.165, 1.54) is 17.7 Å². The number of carbonyl (C=O) groups excluding carboxylic acids is 1. The second-order valence-corrected chi connectivity index (χ2v) is 9.60. The van der Waals surface area contributed by atoms with E-state index in [0.717, 1.165) is 5.56 Å². The highest BCUT2D eigenvalue weighted by Gasteiger charge is 2.35. The normalized spacial score (nSPS) is 19.1. The van der Waals surface area contributed by atoms with Gasteiger partial charge in [-0.1, -0.05) is 6.07 Å². The Morgan fingerprint density at radius 3 is 2.65 bits per heavy atom. The van der Waals surface area contributed by atoms with Crippen molar-refractivity contribution in [3.63, 3.8) is 0 Å². The van der Waals surface area contributed by atoms with E-state index in [-0.39, 0.29) is 35.8 Å². The van der Waals surface area contributed by atoms with E-state index in [9.17, 15) is 19.2 Å². The number of amides is 1. The van der Waals surface area contributed by atoms with Crippen LogP contribution < -0.4 is 15.9 Å². The van der Waals surface area contributed by atoms with Gasteiger partial charge in [0.2, 0.25) is 0 Å². The molecule has 4 rings (SSSR count). The van der Waals surface area contributed by atoms with E-state index in [2.05, 4.69) is 40.0 Å². The van der Waals surface area contributed by atoms with Gasteiger partial charge in [0.25, 0.3) is 5.91 Å². The standard InChI is InChI=1S/C26H33FN8O2/c1-7-33-21(10-11-28)30-22-23(31-26(37)32(6)25(22)33)35-14-15(2)34(13-16(35)3)17(4)18-8-9-20(27)19(12-18)24(36)29-5/h8-9,12,15-17H,7,10,13-14H2,1-6H3,(H,29,36)/t15-,16+,17?/m1/s1. The molecule has 2 aromatic heterocycles. The van der Waals surface area contributed by atoms with Gasteiger partial charge in [0.15, 0.2) is 5.82 Å². The van der Waals surface area contributed by atoms with Crippen LogP contribution in [0.15, 0.2) is 23.0 Å². The Bertz CT molecular complexity index is 1440. The summed E-state index contributed by atoms with van der Waals surface area (Å²) >= 11 is 0. The molecule has 0 radical (unpaired) electrons. The fourth-order valence-corrected chi connectivity index (χ4v) is 5.32. The fraction of sp³-hybridized carbons (Fsp3) is 0.500. The Balaban J connectivity index is 1.69. The largest absolute Gasteiger partial charge is 0.355 e. The van der Waals surface area contributed by atoms with Gasteiger partial charge in [-0.2, -0.15) is 10.2 Å². The van der Waals surface area contributed by atoms with Crippen molar-refractivity contribution in [2.45, 2.75) is 58.8 Å². The van der Waals surface area contributed by atoms with E-state index < -0.39 is 11.7 Å². The van der Waals surface area contributed by atoms with Crippen LogP contribution in [0.3, 0.4) is 0 Å². The van der Waals surface area contributed by atoms with Crippen molar-refractivity contribution in [3.8, 4) is 6.07 Å². The van der Waals surface area contributed by atoms with Crippen LogP contribution in [0.2, 0.25) is 0 Å². The van der Waals surface area contributed by atoms with E-state index >= 15 is 0 Å². The van der Waals surface area contributed by atoms with Crippen molar-refractivity contribution in [1.82, 2.24) is 29.3 Å². The monoisotopic (exact) mass is 508 g/mol. The number of aryl methyl sites for hydroxylation is 2. The summed E-state index contributed by atoms with van der Waals surface area (Å²) in [6.07, 6.45) is 0.142. The first-order chi connectivity index (χ1) is 17.6. The molecule has 1 fully saturated rings. The first-order valence-electron chi connectivity index (χ1n) is 12.5. The minimum absolute atomic E-state index is 0.00786. The summed E-state index contributed by atoms with van der Waals surface area (Å²) in [5.41, 5.74) is 1.78. The van der Waals surface area contributed by atoms with Crippen LogP contribution in [0.1, 0.15) is 55.5 Å². The molecule has 3 heterocycles. The van der Waals surface area contributed by atoms with Crippen LogP contribution in [-0.4, -0.2) is 62.1 Å². The number of nitriles is 1. The molecule has 0 bridgehead atoms. The van der Waals surface area contributed by atoms with Crippen molar-refractivity contribution >= 4 is 22.9 Å². The first-order valence-corrected chi connectivity index (χ1v) is 12.5. The molecular weight excluding hydrogens is 475 g/mol. The zero-order valence-electron chi connectivity index (χ0n) is 22.1. The van der Waals surface area contributed by atoms with Crippen LogP contribution in [0, 0.1) is 17.1 Å². The number of nitrogens with one attached hydrogen (secondary N) is 1. The number of hydrogen-bond donors (Lipinski definition) is 1. The molecule has 1 aromatic carbocycles. The van der Waals surface area contributed by atoms with Crippen LogP contribution >= 0.6 is 0 Å². The summed E-state index contributed by atoms with van der Waals surface area (Å²) in [5, 5.41) is 11.8. The van der Waals surface area contributed by atoms with Crippen molar-refractivity contribution in [2.75, 3.05) is 25.0 Å². The summed E-state index contributed by atoms with van der Waals surface area (Å²) in [7, 11) is 3.16. The zero-order chi connectivity index (χ0) is 27.0. The molecule has 1 saturated heterocycles. The number of carbonyl (C=O) groups is 1. The third-order valence-electron chi connectivity index (χ3n) is 7.34. The Hall–Kier alpha value is -3.78. The number of fused-ring (bicyclic) bond motifs is 1. The van der Waals surface area contributed by atoms with Crippen molar-refractivity contribution in [3.05, 3.63) is 51.5 Å². The molecule has 0 saturated carbocycles. The van der Waals surface area contributed by atoms with E-state index in [1.54, 1.807) is 19.2 Å². The lowest BCUT2D eigenvalue weighted by atomic mass is 9.99. The third kappa shape index (κ3) is 4.57. The van der Waals surface area contributed by atoms with Gasteiger partial charge in [0.1, 0.15) is 22.8 Å². The molecule has 3 atom stereocenters. The Kier molecular flexibility index (Phi) is 7.32. The average Bonchev–Trinajstić information content (AvgIpc) is 3.25. The molecule has 3 aromatic rings. The number of benzene rings is 1. The van der Waals surface area contributed by atoms with Crippen LogP contribution in [0.4, 0.5) is 10.2 Å². The topological polar surface area (TPSA) is 112 Å². The number of rotatable bonds is 6. The number of imidazole rings is 1. The number of aromatic nitrogens is 4. The predicted octanol–water partition coefficient (Wildman–Crippen LogP) is 2.37. The van der Waals surface area contributed by atoms with Crippen molar-refractivity contribution < 1.29 is 9.18 Å². The summed E-state index contributed by atoms with van der Waals surface area (Å²) < 4.78 is 17.6. The molecular formula is C26H33FN8O2. The van der Waals surface area contributed by atoms with Gasteiger partial charge in [-0.05, 0) is 45.4 Å². The molecule has 0 spiro atoms. The lowest BCUT2D eigenvalue weighted by molar-refractivity contribution is 0.0958. The molecule has 1 aliphatic heterocycles. The highest BCUT2D eigenvalue weighted by molar-refractivity contribution is 5.94. The maximum absolute atomic E-state index is 14.2. The fourth-order valence-electron chi connectivity index (χ4n) is 5.32. The number of piperazine rings is 1. The predicted molar refractivity (Wildman–Crippen MR) is 139 cm³/mol. The molecule has 11 heteroatoms. The highest BCUT2D eigenvalue weighted by atomic mass is 19.1. The third-order valence-corrected chi connectivity index (χ3v) is 7.34. The lowest BCUT2D eigenvalue weighted by Gasteiger charge is -2.47. The molecule has 1 aliphatic rings. The second kappa shape index (κ2) is 10.3. The molecule has 1 amide bonds. The minimum Gasteiger partial charge on any atom is -0.355 e. The Morgan fingerprint density at radius 2 is 2.00 bits per heavy atom.